The fourth-order valence-corrected chi connectivity index (χ4v) is 2.69. The summed E-state index contributed by atoms with van der Waals surface area (Å²) in [5, 5.41) is 3.07. The van der Waals surface area contributed by atoms with Gasteiger partial charge in [0.2, 0.25) is 0 Å². The number of hydrazine groups is 1. The highest BCUT2D eigenvalue weighted by molar-refractivity contribution is 5.50. The Bertz CT molecular complexity index is 519. The number of alkyl halides is 3. The van der Waals surface area contributed by atoms with Crippen LogP contribution in [0.4, 0.5) is 24.8 Å². The second-order valence-electron chi connectivity index (χ2n) is 5.48. The van der Waals surface area contributed by atoms with E-state index < -0.39 is 11.7 Å². The molecule has 4 N–H and O–H groups in total. The molecule has 21 heavy (non-hydrogen) atoms. The van der Waals surface area contributed by atoms with Crippen LogP contribution < -0.4 is 16.6 Å². The molecular weight excluding hydrogens is 285 g/mol. The zero-order valence-corrected chi connectivity index (χ0v) is 11.3. The van der Waals surface area contributed by atoms with E-state index in [2.05, 4.69) is 15.7 Å². The lowest BCUT2D eigenvalue weighted by Gasteiger charge is -2.21. The first-order valence-corrected chi connectivity index (χ1v) is 6.91. The molecule has 1 aliphatic carbocycles. The van der Waals surface area contributed by atoms with Gasteiger partial charge in [-0.05, 0) is 37.3 Å². The van der Waals surface area contributed by atoms with Gasteiger partial charge in [0, 0.05) is 6.61 Å². The van der Waals surface area contributed by atoms with Gasteiger partial charge in [0.15, 0.2) is 0 Å². The summed E-state index contributed by atoms with van der Waals surface area (Å²) in [6.45, 7) is 0.625. The molecule has 0 bridgehead atoms. The fourth-order valence-electron chi connectivity index (χ4n) is 2.69. The van der Waals surface area contributed by atoms with Gasteiger partial charge < -0.3 is 15.5 Å². The van der Waals surface area contributed by atoms with E-state index in [0.717, 1.165) is 31.4 Å². The smallest absolute Gasteiger partial charge is 0.376 e. The topological polar surface area (TPSA) is 72.2 Å². The van der Waals surface area contributed by atoms with E-state index in [1.807, 2.05) is 0 Å². The highest BCUT2D eigenvalue weighted by Gasteiger charge is 2.41. The zero-order chi connectivity index (χ0) is 15.0. The minimum atomic E-state index is -4.44. The predicted molar refractivity (Wildman–Crippen MR) is 71.5 cm³/mol. The van der Waals surface area contributed by atoms with Gasteiger partial charge in [-0.15, -0.1) is 0 Å². The number of hydrogen-bond donors (Lipinski definition) is 3. The average molecular weight is 302 g/mol. The summed E-state index contributed by atoms with van der Waals surface area (Å²) in [6, 6.07) is 1.89. The number of aromatic nitrogens is 1. The van der Waals surface area contributed by atoms with Crippen LogP contribution in [0.2, 0.25) is 0 Å². The van der Waals surface area contributed by atoms with Crippen LogP contribution in [0.15, 0.2) is 12.1 Å². The molecule has 2 aliphatic rings. The third kappa shape index (κ3) is 3.21. The summed E-state index contributed by atoms with van der Waals surface area (Å²) in [6.07, 6.45) is -1.36. The van der Waals surface area contributed by atoms with Crippen LogP contribution in [-0.2, 0) is 10.9 Å². The van der Waals surface area contributed by atoms with Crippen molar-refractivity contribution in [1.29, 1.82) is 0 Å². The SMILES string of the molecule is NNc1cc(C(F)(F)F)cc(NC2CCOC2C2CC2)n1. The van der Waals surface area contributed by atoms with Gasteiger partial charge in [0.05, 0.1) is 17.7 Å². The molecule has 116 valence electrons. The first-order valence-electron chi connectivity index (χ1n) is 6.91. The number of nitrogens with one attached hydrogen (secondary N) is 2. The minimum absolute atomic E-state index is 0.000826. The maximum atomic E-state index is 12.9. The van der Waals surface area contributed by atoms with Crippen LogP contribution in [0.5, 0.6) is 0 Å². The lowest BCUT2D eigenvalue weighted by atomic mass is 10.1. The van der Waals surface area contributed by atoms with Crippen molar-refractivity contribution in [3.8, 4) is 0 Å². The number of pyridine rings is 1. The molecule has 1 saturated heterocycles. The normalized spacial score (nSPS) is 25.9. The summed E-state index contributed by atoms with van der Waals surface area (Å²) in [5.74, 6) is 5.86. The first kappa shape index (κ1) is 14.4. The number of ether oxygens (including phenoxy) is 1. The summed E-state index contributed by atoms with van der Waals surface area (Å²) in [7, 11) is 0. The Hall–Kier alpha value is -1.54. The van der Waals surface area contributed by atoms with Gasteiger partial charge in [-0.25, -0.2) is 10.8 Å². The molecule has 0 aromatic carbocycles. The highest BCUT2D eigenvalue weighted by atomic mass is 19.4. The Morgan fingerprint density at radius 1 is 1.19 bits per heavy atom. The zero-order valence-electron chi connectivity index (χ0n) is 11.3. The monoisotopic (exact) mass is 302 g/mol. The van der Waals surface area contributed by atoms with Crippen molar-refractivity contribution in [3.05, 3.63) is 17.7 Å². The van der Waals surface area contributed by atoms with Crippen molar-refractivity contribution < 1.29 is 17.9 Å². The summed E-state index contributed by atoms with van der Waals surface area (Å²) >= 11 is 0. The lowest BCUT2D eigenvalue weighted by molar-refractivity contribution is -0.137. The molecular formula is C13H17F3N4O. The molecule has 1 aromatic heterocycles. The second-order valence-corrected chi connectivity index (χ2v) is 5.48. The van der Waals surface area contributed by atoms with Gasteiger partial charge in [-0.1, -0.05) is 0 Å². The molecule has 3 rings (SSSR count). The number of rotatable bonds is 4. The molecule has 8 heteroatoms. The number of nitrogen functional groups attached to an aromatic ring is 1. The number of nitrogens with zero attached hydrogens (tertiary/aromatic N) is 1. The molecule has 2 heterocycles. The standard InChI is InChI=1S/C13H17F3N4O/c14-13(15,16)8-5-10(19-11(6-8)20-17)18-9-3-4-21-12(9)7-1-2-7/h5-7,9,12H,1-4,17H2,(H2,18,19,20). The first-order chi connectivity index (χ1) is 9.97. The van der Waals surface area contributed by atoms with Crippen LogP contribution in [0.1, 0.15) is 24.8 Å². The molecule has 1 saturated carbocycles. The van der Waals surface area contributed by atoms with Crippen LogP contribution in [-0.4, -0.2) is 23.7 Å². The van der Waals surface area contributed by atoms with E-state index in [1.54, 1.807) is 0 Å². The van der Waals surface area contributed by atoms with Crippen LogP contribution in [0.25, 0.3) is 0 Å². The van der Waals surface area contributed by atoms with E-state index >= 15 is 0 Å². The Kier molecular flexibility index (Phi) is 3.66. The molecule has 2 atom stereocenters. The van der Waals surface area contributed by atoms with E-state index in [0.29, 0.717) is 12.5 Å². The van der Waals surface area contributed by atoms with E-state index in [9.17, 15) is 13.2 Å². The molecule has 1 aliphatic heterocycles. The number of halogens is 3. The Balaban J connectivity index is 1.80. The number of hydrogen-bond acceptors (Lipinski definition) is 5. The quantitative estimate of drug-likeness (QED) is 0.588. The largest absolute Gasteiger partial charge is 0.416 e. The van der Waals surface area contributed by atoms with E-state index in [1.165, 1.54) is 0 Å². The molecule has 1 aromatic rings. The summed E-state index contributed by atoms with van der Waals surface area (Å²) in [5.41, 5.74) is 1.39. The Morgan fingerprint density at radius 2 is 1.90 bits per heavy atom. The van der Waals surface area contributed by atoms with Crippen molar-refractivity contribution in [1.82, 2.24) is 4.98 Å². The van der Waals surface area contributed by atoms with Crippen LogP contribution in [0.3, 0.4) is 0 Å². The maximum Gasteiger partial charge on any atom is 0.416 e. The van der Waals surface area contributed by atoms with E-state index in [-0.39, 0.29) is 23.8 Å². The van der Waals surface area contributed by atoms with Gasteiger partial charge in [0.25, 0.3) is 0 Å². The van der Waals surface area contributed by atoms with Crippen molar-refractivity contribution >= 4 is 11.6 Å². The molecule has 2 fully saturated rings. The summed E-state index contributed by atoms with van der Waals surface area (Å²) in [4.78, 5) is 4.04. The molecule has 5 nitrogen and oxygen atoms in total. The number of nitrogens with two attached hydrogens (primary N) is 1. The molecule has 0 amide bonds. The Morgan fingerprint density at radius 3 is 2.52 bits per heavy atom. The Labute approximate surface area is 120 Å². The fraction of sp³-hybridized carbons (Fsp3) is 0.615. The highest BCUT2D eigenvalue weighted by Crippen LogP contribution is 2.40. The summed E-state index contributed by atoms with van der Waals surface area (Å²) < 4.78 is 44.3. The van der Waals surface area contributed by atoms with Gasteiger partial charge in [-0.3, -0.25) is 0 Å². The molecule has 2 unspecified atom stereocenters. The molecule has 0 spiro atoms. The third-order valence-corrected chi connectivity index (χ3v) is 3.86. The number of anilines is 2. The lowest BCUT2D eigenvalue weighted by Crippen LogP contribution is -2.31. The van der Waals surface area contributed by atoms with Crippen LogP contribution in [0, 0.1) is 5.92 Å². The average Bonchev–Trinajstić information content (AvgIpc) is 3.18. The van der Waals surface area contributed by atoms with Gasteiger partial charge >= 0.3 is 6.18 Å². The van der Waals surface area contributed by atoms with Gasteiger partial charge in [-0.2, -0.15) is 13.2 Å². The second kappa shape index (κ2) is 5.34. The van der Waals surface area contributed by atoms with E-state index in [4.69, 9.17) is 10.6 Å². The van der Waals surface area contributed by atoms with Crippen molar-refractivity contribution in [2.75, 3.05) is 17.3 Å². The maximum absolute atomic E-state index is 12.9. The van der Waals surface area contributed by atoms with Gasteiger partial charge in [0.1, 0.15) is 11.6 Å². The van der Waals surface area contributed by atoms with Crippen molar-refractivity contribution in [2.24, 2.45) is 11.8 Å². The minimum Gasteiger partial charge on any atom is -0.376 e. The van der Waals surface area contributed by atoms with Crippen LogP contribution >= 0.6 is 0 Å². The van der Waals surface area contributed by atoms with Crippen molar-refractivity contribution in [3.63, 3.8) is 0 Å². The molecule has 0 radical (unpaired) electrons. The van der Waals surface area contributed by atoms with Crippen molar-refractivity contribution in [2.45, 2.75) is 37.6 Å². The predicted octanol–water partition coefficient (Wildman–Crippen LogP) is 2.37. The third-order valence-electron chi connectivity index (χ3n) is 3.86.